The van der Waals surface area contributed by atoms with Crippen molar-refractivity contribution in [3.05, 3.63) is 54.1 Å². The first-order valence-corrected chi connectivity index (χ1v) is 9.44. The number of ether oxygens (including phenoxy) is 1. The molecule has 0 saturated heterocycles. The highest BCUT2D eigenvalue weighted by molar-refractivity contribution is 7.92. The molecule has 0 fully saturated rings. The van der Waals surface area contributed by atoms with Gasteiger partial charge in [0.05, 0.1) is 4.90 Å². The quantitative estimate of drug-likeness (QED) is 0.754. The minimum atomic E-state index is -3.67. The number of amides is 1. The molecule has 134 valence electrons. The first kappa shape index (κ1) is 18.8. The number of benzene rings is 2. The van der Waals surface area contributed by atoms with Gasteiger partial charge in [-0.05, 0) is 54.3 Å². The lowest BCUT2D eigenvalue weighted by atomic mass is 9.99. The minimum absolute atomic E-state index is 0.202. The van der Waals surface area contributed by atoms with Crippen LogP contribution in [0.5, 0.6) is 5.75 Å². The maximum absolute atomic E-state index is 12.4. The van der Waals surface area contributed by atoms with E-state index in [1.807, 2.05) is 12.1 Å². The van der Waals surface area contributed by atoms with Gasteiger partial charge >= 0.3 is 0 Å². The summed E-state index contributed by atoms with van der Waals surface area (Å²) in [6.45, 7) is 3.96. The van der Waals surface area contributed by atoms with Gasteiger partial charge in [-0.15, -0.1) is 0 Å². The summed E-state index contributed by atoms with van der Waals surface area (Å²) in [5.74, 6) is 0.239. The van der Waals surface area contributed by atoms with Gasteiger partial charge in [-0.25, -0.2) is 8.42 Å². The normalized spacial score (nSPS) is 12.4. The van der Waals surface area contributed by atoms with E-state index < -0.39 is 15.9 Å². The lowest BCUT2D eigenvalue weighted by Crippen LogP contribution is -2.20. The van der Waals surface area contributed by atoms with E-state index in [9.17, 15) is 13.2 Å². The predicted octanol–water partition coefficient (Wildman–Crippen LogP) is 2.87. The van der Waals surface area contributed by atoms with Crippen LogP contribution in [0.4, 0.5) is 5.69 Å². The van der Waals surface area contributed by atoms with E-state index in [4.69, 9.17) is 10.5 Å². The van der Waals surface area contributed by atoms with E-state index in [0.717, 1.165) is 12.0 Å². The SMILES string of the molecule is CCC(C)c1ccc(S(=O)(=O)Nc2ccc(OCC(N)=O)cc2)cc1. The van der Waals surface area contributed by atoms with Crippen LogP contribution < -0.4 is 15.2 Å². The van der Waals surface area contributed by atoms with Crippen molar-refractivity contribution in [1.82, 2.24) is 0 Å². The van der Waals surface area contributed by atoms with Gasteiger partial charge in [0.1, 0.15) is 5.75 Å². The Morgan fingerprint density at radius 2 is 1.72 bits per heavy atom. The van der Waals surface area contributed by atoms with Crippen molar-refractivity contribution in [3.63, 3.8) is 0 Å². The third-order valence-electron chi connectivity index (χ3n) is 3.86. The maximum Gasteiger partial charge on any atom is 0.261 e. The van der Waals surface area contributed by atoms with E-state index in [-0.39, 0.29) is 11.5 Å². The van der Waals surface area contributed by atoms with Crippen molar-refractivity contribution in [2.45, 2.75) is 31.1 Å². The first-order chi connectivity index (χ1) is 11.8. The highest BCUT2D eigenvalue weighted by atomic mass is 32.2. The molecule has 0 saturated carbocycles. The Labute approximate surface area is 148 Å². The molecule has 0 aromatic heterocycles. The Kier molecular flexibility index (Phi) is 6.03. The minimum Gasteiger partial charge on any atom is -0.484 e. The monoisotopic (exact) mass is 362 g/mol. The van der Waals surface area contributed by atoms with Crippen molar-refractivity contribution in [3.8, 4) is 5.75 Å². The fourth-order valence-corrected chi connectivity index (χ4v) is 3.26. The number of anilines is 1. The van der Waals surface area contributed by atoms with Crippen LogP contribution in [0.2, 0.25) is 0 Å². The number of nitrogens with two attached hydrogens (primary N) is 1. The molecular formula is C18H22N2O4S. The zero-order valence-electron chi connectivity index (χ0n) is 14.2. The topological polar surface area (TPSA) is 98.5 Å². The van der Waals surface area contributed by atoms with Crippen LogP contribution in [0.3, 0.4) is 0 Å². The first-order valence-electron chi connectivity index (χ1n) is 7.95. The van der Waals surface area contributed by atoms with Crippen LogP contribution in [0.25, 0.3) is 0 Å². The van der Waals surface area contributed by atoms with Gasteiger partial charge in [0.15, 0.2) is 6.61 Å². The lowest BCUT2D eigenvalue weighted by molar-refractivity contribution is -0.119. The third kappa shape index (κ3) is 5.22. The zero-order chi connectivity index (χ0) is 18.4. The van der Waals surface area contributed by atoms with Crippen molar-refractivity contribution in [2.24, 2.45) is 5.73 Å². The Hall–Kier alpha value is -2.54. The number of hydrogen-bond donors (Lipinski definition) is 2. The smallest absolute Gasteiger partial charge is 0.261 e. The molecule has 6 nitrogen and oxygen atoms in total. The third-order valence-corrected chi connectivity index (χ3v) is 5.26. The molecule has 0 spiro atoms. The molecule has 0 bridgehead atoms. The fraction of sp³-hybridized carbons (Fsp3) is 0.278. The molecule has 0 aliphatic carbocycles. The van der Waals surface area contributed by atoms with Gasteiger partial charge in [0.25, 0.3) is 15.9 Å². The molecule has 1 amide bonds. The molecule has 0 aliphatic rings. The van der Waals surface area contributed by atoms with Crippen LogP contribution in [-0.4, -0.2) is 20.9 Å². The summed E-state index contributed by atoms with van der Waals surface area (Å²) < 4.78 is 32.5. The van der Waals surface area contributed by atoms with Crippen LogP contribution in [0, 0.1) is 0 Å². The number of nitrogens with one attached hydrogen (secondary N) is 1. The van der Waals surface area contributed by atoms with Gasteiger partial charge < -0.3 is 10.5 Å². The van der Waals surface area contributed by atoms with Crippen molar-refractivity contribution in [1.29, 1.82) is 0 Å². The Morgan fingerprint density at radius 1 is 1.12 bits per heavy atom. The van der Waals surface area contributed by atoms with Crippen molar-refractivity contribution >= 4 is 21.6 Å². The molecule has 0 radical (unpaired) electrons. The fourth-order valence-electron chi connectivity index (χ4n) is 2.20. The molecule has 2 aromatic carbocycles. The van der Waals surface area contributed by atoms with Gasteiger partial charge in [0, 0.05) is 5.69 Å². The largest absolute Gasteiger partial charge is 0.484 e. The summed E-state index contributed by atoms with van der Waals surface area (Å²) in [7, 11) is -3.67. The summed E-state index contributed by atoms with van der Waals surface area (Å²) in [6.07, 6.45) is 0.995. The zero-order valence-corrected chi connectivity index (χ0v) is 15.0. The van der Waals surface area contributed by atoms with Gasteiger partial charge in [-0.3, -0.25) is 9.52 Å². The Bertz CT molecular complexity index is 815. The molecule has 1 unspecified atom stereocenters. The summed E-state index contributed by atoms with van der Waals surface area (Å²) in [4.78, 5) is 10.9. The second-order valence-corrected chi connectivity index (χ2v) is 7.45. The van der Waals surface area contributed by atoms with Gasteiger partial charge in [0.2, 0.25) is 0 Å². The number of carbonyl (C=O) groups is 1. The molecule has 25 heavy (non-hydrogen) atoms. The average molecular weight is 362 g/mol. The lowest BCUT2D eigenvalue weighted by Gasteiger charge is -2.12. The highest BCUT2D eigenvalue weighted by Gasteiger charge is 2.15. The average Bonchev–Trinajstić information content (AvgIpc) is 2.60. The molecule has 2 rings (SSSR count). The van der Waals surface area contributed by atoms with E-state index in [2.05, 4.69) is 18.6 Å². The van der Waals surface area contributed by atoms with Crippen LogP contribution in [0.15, 0.2) is 53.4 Å². The van der Waals surface area contributed by atoms with Crippen molar-refractivity contribution < 1.29 is 17.9 Å². The van der Waals surface area contributed by atoms with Crippen LogP contribution in [-0.2, 0) is 14.8 Å². The van der Waals surface area contributed by atoms with Gasteiger partial charge in [-0.1, -0.05) is 26.0 Å². The standard InChI is InChI=1S/C18H22N2O4S/c1-3-13(2)14-4-10-17(11-5-14)25(22,23)20-15-6-8-16(9-7-15)24-12-18(19)21/h4-11,13,20H,3,12H2,1-2H3,(H2,19,21). The van der Waals surface area contributed by atoms with E-state index in [1.54, 1.807) is 36.4 Å². The molecule has 3 N–H and O–H groups in total. The second kappa shape index (κ2) is 8.02. The van der Waals surface area contributed by atoms with Crippen molar-refractivity contribution in [2.75, 3.05) is 11.3 Å². The number of rotatable bonds is 8. The molecule has 1 atom stereocenters. The molecule has 0 heterocycles. The van der Waals surface area contributed by atoms with Crippen LogP contribution in [0.1, 0.15) is 31.7 Å². The summed E-state index contributed by atoms with van der Waals surface area (Å²) in [5, 5.41) is 0. The number of hydrogen-bond acceptors (Lipinski definition) is 4. The Morgan fingerprint density at radius 3 is 2.24 bits per heavy atom. The molecule has 7 heteroatoms. The van der Waals surface area contributed by atoms with E-state index in [0.29, 0.717) is 17.4 Å². The molecular weight excluding hydrogens is 340 g/mol. The molecule has 2 aromatic rings. The number of primary amides is 1. The summed E-state index contributed by atoms with van der Waals surface area (Å²) in [6, 6.07) is 13.1. The van der Waals surface area contributed by atoms with E-state index >= 15 is 0 Å². The number of sulfonamides is 1. The predicted molar refractivity (Wildman–Crippen MR) is 97.1 cm³/mol. The Balaban J connectivity index is 2.09. The molecule has 0 aliphatic heterocycles. The highest BCUT2D eigenvalue weighted by Crippen LogP contribution is 2.23. The summed E-state index contributed by atoms with van der Waals surface area (Å²) >= 11 is 0. The maximum atomic E-state index is 12.4. The van der Waals surface area contributed by atoms with E-state index in [1.165, 1.54) is 0 Å². The summed E-state index contributed by atoms with van der Waals surface area (Å²) in [5.41, 5.74) is 6.51. The number of carbonyl (C=O) groups excluding carboxylic acids is 1. The van der Waals surface area contributed by atoms with Gasteiger partial charge in [-0.2, -0.15) is 0 Å². The second-order valence-electron chi connectivity index (χ2n) is 5.76. The van der Waals surface area contributed by atoms with Crippen LogP contribution >= 0.6 is 0 Å².